The van der Waals surface area contributed by atoms with Crippen LogP contribution in [0, 0.1) is 19.7 Å². The number of benzene rings is 1. The Morgan fingerprint density at radius 2 is 2.00 bits per heavy atom. The highest BCUT2D eigenvalue weighted by molar-refractivity contribution is 7.17. The van der Waals surface area contributed by atoms with Gasteiger partial charge in [-0.3, -0.25) is 9.89 Å². The molecule has 130 valence electrons. The van der Waals surface area contributed by atoms with E-state index in [1.807, 2.05) is 13.0 Å². The highest BCUT2D eigenvalue weighted by Gasteiger charge is 2.17. The highest BCUT2D eigenvalue weighted by atomic mass is 32.1. The fraction of sp³-hybridized carbons (Fsp3) is 0.111. The molecule has 3 aromatic heterocycles. The minimum absolute atomic E-state index is 0.254. The Morgan fingerprint density at radius 1 is 1.23 bits per heavy atom. The van der Waals surface area contributed by atoms with Gasteiger partial charge in [-0.15, -0.1) is 11.3 Å². The van der Waals surface area contributed by atoms with Gasteiger partial charge in [0.05, 0.1) is 17.6 Å². The van der Waals surface area contributed by atoms with E-state index in [-0.39, 0.29) is 11.7 Å². The van der Waals surface area contributed by atoms with E-state index < -0.39 is 0 Å². The molecule has 0 bridgehead atoms. The molecule has 4 aromatic rings. The van der Waals surface area contributed by atoms with E-state index in [2.05, 4.69) is 25.5 Å². The summed E-state index contributed by atoms with van der Waals surface area (Å²) in [6.07, 6.45) is 1.57. The Morgan fingerprint density at radius 3 is 2.77 bits per heavy atom. The SMILES string of the molecule is Cc1nc(-c2ccc(F)cc2)sc1C(=O)Nc1cnc2n[nH]c(C)c2c1. The molecular formula is C18H14FN5OS. The third-order valence-corrected chi connectivity index (χ3v) is 5.16. The lowest BCUT2D eigenvalue weighted by Gasteiger charge is -2.03. The van der Waals surface area contributed by atoms with Crippen LogP contribution >= 0.6 is 11.3 Å². The zero-order chi connectivity index (χ0) is 18.3. The molecule has 0 aliphatic carbocycles. The van der Waals surface area contributed by atoms with Crippen LogP contribution in [0.25, 0.3) is 21.6 Å². The Bertz CT molecular complexity index is 1120. The molecule has 0 saturated heterocycles. The zero-order valence-corrected chi connectivity index (χ0v) is 14.8. The van der Waals surface area contributed by atoms with Crippen LogP contribution in [-0.2, 0) is 0 Å². The van der Waals surface area contributed by atoms with Crippen LogP contribution in [-0.4, -0.2) is 26.1 Å². The maximum absolute atomic E-state index is 13.1. The summed E-state index contributed by atoms with van der Waals surface area (Å²) in [6.45, 7) is 3.67. The van der Waals surface area contributed by atoms with Gasteiger partial charge in [-0.2, -0.15) is 5.10 Å². The summed E-state index contributed by atoms with van der Waals surface area (Å²) < 4.78 is 13.1. The van der Waals surface area contributed by atoms with Crippen molar-refractivity contribution in [1.82, 2.24) is 20.2 Å². The van der Waals surface area contributed by atoms with Crippen LogP contribution in [0.15, 0.2) is 36.5 Å². The van der Waals surface area contributed by atoms with Gasteiger partial charge in [0, 0.05) is 16.6 Å². The van der Waals surface area contributed by atoms with E-state index in [4.69, 9.17) is 0 Å². The van der Waals surface area contributed by atoms with Gasteiger partial charge in [0.25, 0.3) is 5.91 Å². The van der Waals surface area contributed by atoms with Crippen molar-refractivity contribution in [3.63, 3.8) is 0 Å². The fourth-order valence-electron chi connectivity index (χ4n) is 2.60. The predicted octanol–water partition coefficient (Wildman–Crippen LogP) is 4.09. The van der Waals surface area contributed by atoms with Crippen molar-refractivity contribution in [3.05, 3.63) is 58.6 Å². The molecule has 0 atom stereocenters. The number of hydrogen-bond acceptors (Lipinski definition) is 5. The number of aryl methyl sites for hydroxylation is 2. The van der Waals surface area contributed by atoms with E-state index in [1.54, 1.807) is 25.3 Å². The number of fused-ring (bicyclic) bond motifs is 1. The second-order valence-electron chi connectivity index (χ2n) is 5.84. The monoisotopic (exact) mass is 367 g/mol. The van der Waals surface area contributed by atoms with Crippen molar-refractivity contribution in [2.45, 2.75) is 13.8 Å². The molecule has 0 fully saturated rings. The first-order valence-electron chi connectivity index (χ1n) is 7.86. The first-order chi connectivity index (χ1) is 12.5. The number of nitrogens with zero attached hydrogens (tertiary/aromatic N) is 3. The number of pyridine rings is 1. The number of hydrogen-bond donors (Lipinski definition) is 2. The molecule has 0 radical (unpaired) electrons. The number of nitrogens with one attached hydrogen (secondary N) is 2. The lowest BCUT2D eigenvalue weighted by atomic mass is 10.2. The number of carbonyl (C=O) groups is 1. The van der Waals surface area contributed by atoms with Crippen molar-refractivity contribution < 1.29 is 9.18 Å². The predicted molar refractivity (Wildman–Crippen MR) is 98.8 cm³/mol. The first kappa shape index (κ1) is 16.3. The molecule has 2 N–H and O–H groups in total. The molecule has 26 heavy (non-hydrogen) atoms. The molecule has 0 saturated carbocycles. The highest BCUT2D eigenvalue weighted by Crippen LogP contribution is 2.29. The topological polar surface area (TPSA) is 83.6 Å². The Hall–Kier alpha value is -3.13. The maximum Gasteiger partial charge on any atom is 0.267 e. The maximum atomic E-state index is 13.1. The van der Waals surface area contributed by atoms with Gasteiger partial charge in [0.1, 0.15) is 15.7 Å². The number of aromatic nitrogens is 4. The molecule has 6 nitrogen and oxygen atoms in total. The number of thiazole rings is 1. The summed E-state index contributed by atoms with van der Waals surface area (Å²) in [4.78, 5) is 21.8. The number of amides is 1. The van der Waals surface area contributed by atoms with E-state index in [1.165, 1.54) is 23.5 Å². The summed E-state index contributed by atoms with van der Waals surface area (Å²) in [7, 11) is 0. The molecule has 0 aliphatic heterocycles. The van der Waals surface area contributed by atoms with E-state index >= 15 is 0 Å². The molecule has 0 spiro atoms. The van der Waals surface area contributed by atoms with Gasteiger partial charge in [0.2, 0.25) is 0 Å². The van der Waals surface area contributed by atoms with Gasteiger partial charge in [-0.05, 0) is 44.2 Å². The molecule has 3 heterocycles. The standard InChI is InChI=1S/C18H14FN5OS/c1-9-14-7-13(8-20-16(14)24-23-9)22-17(25)15-10(2)21-18(26-15)11-3-5-12(19)6-4-11/h3-8H,1-2H3,(H,22,25)(H,20,23,24). The van der Waals surface area contributed by atoms with E-state index in [0.717, 1.165) is 16.6 Å². The fourth-order valence-corrected chi connectivity index (χ4v) is 3.57. The van der Waals surface area contributed by atoms with Crippen LogP contribution in [0.1, 0.15) is 21.1 Å². The molecular weight excluding hydrogens is 353 g/mol. The summed E-state index contributed by atoms with van der Waals surface area (Å²) in [5, 5.41) is 11.3. The Kier molecular flexibility index (Phi) is 3.96. The Balaban J connectivity index is 1.61. The molecule has 0 unspecified atom stereocenters. The quantitative estimate of drug-likeness (QED) is 0.571. The molecule has 1 aromatic carbocycles. The van der Waals surface area contributed by atoms with Crippen molar-refractivity contribution in [2.24, 2.45) is 0 Å². The van der Waals surface area contributed by atoms with Crippen LogP contribution < -0.4 is 5.32 Å². The second kappa shape index (κ2) is 6.30. The smallest absolute Gasteiger partial charge is 0.267 e. The van der Waals surface area contributed by atoms with Gasteiger partial charge in [-0.1, -0.05) is 0 Å². The van der Waals surface area contributed by atoms with E-state index in [9.17, 15) is 9.18 Å². The Labute approximate surface area is 152 Å². The van der Waals surface area contributed by atoms with Crippen molar-refractivity contribution in [1.29, 1.82) is 0 Å². The average molecular weight is 367 g/mol. The summed E-state index contributed by atoms with van der Waals surface area (Å²) in [5.74, 6) is -0.562. The van der Waals surface area contributed by atoms with Gasteiger partial charge in [-0.25, -0.2) is 14.4 Å². The number of aromatic amines is 1. The lowest BCUT2D eigenvalue weighted by molar-refractivity contribution is 0.103. The van der Waals surface area contributed by atoms with Crippen LogP contribution in [0.4, 0.5) is 10.1 Å². The third-order valence-electron chi connectivity index (χ3n) is 3.95. The van der Waals surface area contributed by atoms with Crippen LogP contribution in [0.3, 0.4) is 0 Å². The van der Waals surface area contributed by atoms with Gasteiger partial charge >= 0.3 is 0 Å². The van der Waals surface area contributed by atoms with E-state index in [0.29, 0.717) is 26.9 Å². The van der Waals surface area contributed by atoms with Crippen molar-refractivity contribution in [3.8, 4) is 10.6 Å². The first-order valence-corrected chi connectivity index (χ1v) is 8.68. The number of H-pyrrole nitrogens is 1. The zero-order valence-electron chi connectivity index (χ0n) is 14.0. The van der Waals surface area contributed by atoms with Gasteiger partial charge in [0.15, 0.2) is 5.65 Å². The molecule has 0 aliphatic rings. The van der Waals surface area contributed by atoms with Crippen LogP contribution in [0.2, 0.25) is 0 Å². The number of anilines is 1. The van der Waals surface area contributed by atoms with Crippen molar-refractivity contribution in [2.75, 3.05) is 5.32 Å². The normalized spacial score (nSPS) is 11.0. The van der Waals surface area contributed by atoms with Crippen molar-refractivity contribution >= 4 is 34.0 Å². The summed E-state index contributed by atoms with van der Waals surface area (Å²) in [5.41, 5.74) is 3.48. The molecule has 1 amide bonds. The average Bonchev–Trinajstić information content (AvgIpc) is 3.19. The largest absolute Gasteiger partial charge is 0.320 e. The summed E-state index contributed by atoms with van der Waals surface area (Å²) >= 11 is 1.27. The van der Waals surface area contributed by atoms with Gasteiger partial charge < -0.3 is 5.32 Å². The number of carbonyl (C=O) groups excluding carboxylic acids is 1. The summed E-state index contributed by atoms with van der Waals surface area (Å²) in [6, 6.07) is 7.87. The number of halogens is 1. The lowest BCUT2D eigenvalue weighted by Crippen LogP contribution is -2.11. The second-order valence-corrected chi connectivity index (χ2v) is 6.84. The minimum atomic E-state index is -0.308. The minimum Gasteiger partial charge on any atom is -0.320 e. The molecule has 4 rings (SSSR count). The van der Waals surface area contributed by atoms with Crippen LogP contribution in [0.5, 0.6) is 0 Å². The molecule has 8 heteroatoms. The number of rotatable bonds is 3. The third kappa shape index (κ3) is 2.95.